The third-order valence-corrected chi connectivity index (χ3v) is 8.56. The number of benzene rings is 3. The smallest absolute Gasteiger partial charge is 0.300 e. The van der Waals surface area contributed by atoms with Crippen LogP contribution in [0.3, 0.4) is 0 Å². The van der Waals surface area contributed by atoms with Crippen LogP contribution >= 0.6 is 23.5 Å². The molecule has 0 fully saturated rings. The van der Waals surface area contributed by atoms with Gasteiger partial charge in [0.05, 0.1) is 6.61 Å². The molecule has 1 aliphatic carbocycles. The molecule has 7 heteroatoms. The van der Waals surface area contributed by atoms with E-state index >= 15 is 4.39 Å². The van der Waals surface area contributed by atoms with Crippen molar-refractivity contribution < 1.29 is 23.8 Å². The number of carbonyl (C=O) groups is 1. The van der Waals surface area contributed by atoms with Crippen LogP contribution < -0.4 is 9.47 Å². The molecule has 0 aromatic heterocycles. The molecule has 3 aromatic rings. The Morgan fingerprint density at radius 3 is 2.53 bits per heavy atom. The first-order valence-electron chi connectivity index (χ1n) is 12.9. The molecule has 1 N–H and O–H groups in total. The first-order chi connectivity index (χ1) is 18.3. The van der Waals surface area contributed by atoms with Crippen molar-refractivity contribution in [1.82, 2.24) is 0 Å². The molecule has 0 spiro atoms. The van der Waals surface area contributed by atoms with E-state index in [0.717, 1.165) is 89.0 Å². The fourth-order valence-electron chi connectivity index (χ4n) is 5.21. The highest BCUT2D eigenvalue weighted by molar-refractivity contribution is 7.99. The molecule has 5 rings (SSSR count). The van der Waals surface area contributed by atoms with Crippen molar-refractivity contribution in [2.45, 2.75) is 57.5 Å². The van der Waals surface area contributed by atoms with E-state index in [0.29, 0.717) is 6.61 Å². The van der Waals surface area contributed by atoms with E-state index in [1.807, 2.05) is 41.7 Å². The largest absolute Gasteiger partial charge is 0.494 e. The van der Waals surface area contributed by atoms with Gasteiger partial charge in [0.25, 0.3) is 5.97 Å². The van der Waals surface area contributed by atoms with E-state index in [-0.39, 0.29) is 11.9 Å². The SMILES string of the molecule is CC(=O)O.CSCCCOc1cc(C)c(-c2c(F)ccc3c2CCC3Oc2ccc3c(c2)SCC3)c(C)c1. The van der Waals surface area contributed by atoms with Gasteiger partial charge in [-0.15, -0.1) is 11.8 Å². The van der Waals surface area contributed by atoms with Gasteiger partial charge in [0.2, 0.25) is 0 Å². The summed E-state index contributed by atoms with van der Waals surface area (Å²) in [5.74, 6) is 3.02. The summed E-state index contributed by atoms with van der Waals surface area (Å²) in [4.78, 5) is 10.3. The van der Waals surface area contributed by atoms with Crippen LogP contribution in [0.5, 0.6) is 11.5 Å². The van der Waals surface area contributed by atoms with Crippen molar-refractivity contribution in [3.8, 4) is 22.6 Å². The Balaban J connectivity index is 0.000000786. The van der Waals surface area contributed by atoms with Crippen LogP contribution in [0.2, 0.25) is 0 Å². The highest BCUT2D eigenvalue weighted by Gasteiger charge is 2.30. The Hall–Kier alpha value is -2.64. The second-order valence-corrected chi connectivity index (χ2v) is 11.8. The molecule has 1 aliphatic heterocycles. The van der Waals surface area contributed by atoms with Crippen LogP contribution in [0.4, 0.5) is 4.39 Å². The predicted octanol–water partition coefficient (Wildman–Crippen LogP) is 8.05. The van der Waals surface area contributed by atoms with Gasteiger partial charge >= 0.3 is 0 Å². The second-order valence-electron chi connectivity index (χ2n) is 9.65. The molecule has 0 bridgehead atoms. The van der Waals surface area contributed by atoms with Gasteiger partial charge < -0.3 is 14.6 Å². The maximum absolute atomic E-state index is 15.3. The van der Waals surface area contributed by atoms with Gasteiger partial charge in [-0.05, 0) is 115 Å². The number of rotatable bonds is 8. The van der Waals surface area contributed by atoms with Crippen molar-refractivity contribution >= 4 is 29.5 Å². The van der Waals surface area contributed by atoms with Crippen LogP contribution in [0.25, 0.3) is 11.1 Å². The van der Waals surface area contributed by atoms with E-state index in [9.17, 15) is 0 Å². The molecule has 0 saturated carbocycles. The lowest BCUT2D eigenvalue weighted by molar-refractivity contribution is -0.134. The lowest BCUT2D eigenvalue weighted by Crippen LogP contribution is -2.05. The second kappa shape index (κ2) is 12.9. The standard InChI is InChI=1S/C29H31FO2S2.C2H4O2/c1-18-15-22(31-12-4-13-33-3)16-19(2)28(18)29-24-8-10-26(23(24)7-9-25(29)30)32-21-6-5-20-11-14-34-27(20)17-21;1-2(3)4/h5-7,9,15-17,26H,4,8,10-14H2,1-3H3;1H3,(H,3,4). The highest BCUT2D eigenvalue weighted by Crippen LogP contribution is 2.44. The first-order valence-corrected chi connectivity index (χ1v) is 15.3. The van der Waals surface area contributed by atoms with E-state index in [4.69, 9.17) is 19.4 Å². The average molecular weight is 555 g/mol. The number of carboxylic acid groups (broad SMARTS) is 1. The zero-order valence-electron chi connectivity index (χ0n) is 22.4. The van der Waals surface area contributed by atoms with Gasteiger partial charge in [0.1, 0.15) is 23.4 Å². The van der Waals surface area contributed by atoms with E-state index in [2.05, 4.69) is 38.3 Å². The van der Waals surface area contributed by atoms with E-state index in [1.165, 1.54) is 10.5 Å². The fourth-order valence-corrected chi connectivity index (χ4v) is 6.71. The van der Waals surface area contributed by atoms with Gasteiger partial charge in [0, 0.05) is 23.1 Å². The summed E-state index contributed by atoms with van der Waals surface area (Å²) in [5, 5.41) is 7.42. The number of hydrogen-bond donors (Lipinski definition) is 1. The number of thioether (sulfide) groups is 2. The lowest BCUT2D eigenvalue weighted by Gasteiger charge is -2.19. The monoisotopic (exact) mass is 554 g/mol. The molecule has 1 atom stereocenters. The number of halogens is 1. The van der Waals surface area contributed by atoms with Crippen molar-refractivity contribution in [1.29, 1.82) is 0 Å². The normalized spacial score (nSPS) is 15.3. The third-order valence-electron chi connectivity index (χ3n) is 6.77. The predicted molar refractivity (Wildman–Crippen MR) is 156 cm³/mol. The first kappa shape index (κ1) is 28.4. The Morgan fingerprint density at radius 1 is 1.08 bits per heavy atom. The summed E-state index contributed by atoms with van der Waals surface area (Å²) >= 11 is 3.73. The minimum Gasteiger partial charge on any atom is -0.494 e. The maximum atomic E-state index is 15.3. The molecular formula is C31H35FO4S2. The van der Waals surface area contributed by atoms with Crippen molar-refractivity contribution in [3.05, 3.63) is 76.1 Å². The van der Waals surface area contributed by atoms with Gasteiger partial charge in [-0.25, -0.2) is 4.39 Å². The van der Waals surface area contributed by atoms with Gasteiger partial charge in [-0.3, -0.25) is 4.79 Å². The third kappa shape index (κ3) is 6.67. The summed E-state index contributed by atoms with van der Waals surface area (Å²) in [5.41, 5.74) is 7.43. The summed E-state index contributed by atoms with van der Waals surface area (Å²) in [7, 11) is 0. The zero-order chi connectivity index (χ0) is 27.2. The van der Waals surface area contributed by atoms with Crippen LogP contribution in [0.1, 0.15) is 53.7 Å². The molecule has 4 nitrogen and oxygen atoms in total. The fraction of sp³-hybridized carbons (Fsp3) is 0.387. The average Bonchev–Trinajstić information content (AvgIpc) is 3.49. The van der Waals surface area contributed by atoms with Crippen molar-refractivity contribution in [3.63, 3.8) is 0 Å². The molecule has 38 heavy (non-hydrogen) atoms. The minimum absolute atomic E-state index is 0.0431. The lowest BCUT2D eigenvalue weighted by atomic mass is 9.90. The molecule has 202 valence electrons. The summed E-state index contributed by atoms with van der Waals surface area (Å²) in [6.45, 7) is 5.90. The highest BCUT2D eigenvalue weighted by atomic mass is 32.2. The minimum atomic E-state index is -0.833. The molecular weight excluding hydrogens is 519 g/mol. The van der Waals surface area contributed by atoms with Gasteiger partial charge in [-0.1, -0.05) is 12.1 Å². The Bertz CT molecular complexity index is 1280. The Morgan fingerprint density at radius 2 is 1.82 bits per heavy atom. The van der Waals surface area contributed by atoms with Gasteiger partial charge in [-0.2, -0.15) is 11.8 Å². The molecule has 0 saturated heterocycles. The Kier molecular flexibility index (Phi) is 9.66. The van der Waals surface area contributed by atoms with Gasteiger partial charge in [0.15, 0.2) is 0 Å². The van der Waals surface area contributed by atoms with E-state index in [1.54, 1.807) is 6.07 Å². The quantitative estimate of drug-likeness (QED) is 0.284. The summed E-state index contributed by atoms with van der Waals surface area (Å²) < 4.78 is 27.7. The van der Waals surface area contributed by atoms with Crippen LogP contribution in [0, 0.1) is 19.7 Å². The number of aliphatic carboxylic acids is 1. The number of hydrogen-bond acceptors (Lipinski definition) is 5. The maximum Gasteiger partial charge on any atom is 0.300 e. The molecule has 1 heterocycles. The zero-order valence-corrected chi connectivity index (χ0v) is 24.1. The van der Waals surface area contributed by atoms with E-state index < -0.39 is 5.97 Å². The van der Waals surface area contributed by atoms with Crippen molar-refractivity contribution in [2.24, 2.45) is 0 Å². The topological polar surface area (TPSA) is 55.8 Å². The molecule has 3 aromatic carbocycles. The van der Waals surface area contributed by atoms with Crippen LogP contribution in [0.15, 0.2) is 47.4 Å². The number of aryl methyl sites for hydroxylation is 3. The number of ether oxygens (including phenoxy) is 2. The molecule has 0 amide bonds. The van der Waals surface area contributed by atoms with Crippen LogP contribution in [-0.2, 0) is 17.6 Å². The van der Waals surface area contributed by atoms with Crippen molar-refractivity contribution in [2.75, 3.05) is 24.4 Å². The molecule has 1 unspecified atom stereocenters. The molecule has 0 radical (unpaired) electrons. The number of fused-ring (bicyclic) bond motifs is 2. The Labute approximate surface area is 233 Å². The van der Waals surface area contributed by atoms with Crippen LogP contribution in [-0.4, -0.2) is 35.4 Å². The molecule has 2 aliphatic rings. The summed E-state index contributed by atoms with van der Waals surface area (Å²) in [6, 6.07) is 14.1. The summed E-state index contributed by atoms with van der Waals surface area (Å²) in [6.07, 6.45) is 5.90. The number of carboxylic acids is 1.